The molecule has 0 saturated carbocycles. The number of rotatable bonds is 8. The van der Waals surface area contributed by atoms with Crippen LogP contribution in [0.15, 0.2) is 29.3 Å². The number of thioether (sulfide) groups is 1. The van der Waals surface area contributed by atoms with Gasteiger partial charge in [-0.3, -0.25) is 19.5 Å². The standard InChI is InChI=1S/C18H25N3O3S/c1-4-11-24-14-9-7-13(8-10-14)20-16(22)12-15-17(23)21(6-3)18(25-15)19-5-2/h7-10,15H,4-6,11-12H2,1-3H3,(H,20,22)/t15-/m0/s1. The van der Waals surface area contributed by atoms with Crippen molar-refractivity contribution in [3.05, 3.63) is 24.3 Å². The fraction of sp³-hybridized carbons (Fsp3) is 0.500. The molecule has 1 fully saturated rings. The SMILES string of the molecule is CCCOc1ccc(NC(=O)C[C@@H]2SC(=NCC)N(CC)C2=O)cc1. The van der Waals surface area contributed by atoms with E-state index in [1.54, 1.807) is 17.0 Å². The molecule has 2 amide bonds. The van der Waals surface area contributed by atoms with E-state index in [1.165, 1.54) is 11.8 Å². The van der Waals surface area contributed by atoms with Crippen molar-refractivity contribution in [1.82, 2.24) is 4.90 Å². The number of ether oxygens (including phenoxy) is 1. The Hall–Kier alpha value is -2.02. The van der Waals surface area contributed by atoms with Gasteiger partial charge in [-0.2, -0.15) is 0 Å². The van der Waals surface area contributed by atoms with Crippen LogP contribution in [0.3, 0.4) is 0 Å². The van der Waals surface area contributed by atoms with Crippen LogP contribution in [0.1, 0.15) is 33.6 Å². The predicted octanol–water partition coefficient (Wildman–Crippen LogP) is 3.14. The van der Waals surface area contributed by atoms with Crippen LogP contribution in [0.2, 0.25) is 0 Å². The first-order valence-corrected chi connectivity index (χ1v) is 9.52. The van der Waals surface area contributed by atoms with Crippen LogP contribution < -0.4 is 10.1 Å². The molecule has 0 bridgehead atoms. The lowest BCUT2D eigenvalue weighted by molar-refractivity contribution is -0.128. The lowest BCUT2D eigenvalue weighted by Crippen LogP contribution is -2.33. The molecule has 1 aliphatic heterocycles. The van der Waals surface area contributed by atoms with Crippen molar-refractivity contribution in [1.29, 1.82) is 0 Å². The van der Waals surface area contributed by atoms with Gasteiger partial charge in [0.2, 0.25) is 11.8 Å². The zero-order valence-electron chi connectivity index (χ0n) is 14.9. The van der Waals surface area contributed by atoms with Crippen LogP contribution in [0, 0.1) is 0 Å². The summed E-state index contributed by atoms with van der Waals surface area (Å²) in [6.45, 7) is 7.75. The molecule has 1 aliphatic rings. The quantitative estimate of drug-likeness (QED) is 0.770. The van der Waals surface area contributed by atoms with Crippen molar-refractivity contribution in [2.45, 2.75) is 38.9 Å². The van der Waals surface area contributed by atoms with Gasteiger partial charge >= 0.3 is 0 Å². The van der Waals surface area contributed by atoms with Gasteiger partial charge in [-0.1, -0.05) is 18.7 Å². The molecule has 1 saturated heterocycles. The maximum Gasteiger partial charge on any atom is 0.242 e. The third-order valence-corrected chi connectivity index (χ3v) is 4.82. The maximum atomic E-state index is 12.4. The van der Waals surface area contributed by atoms with Gasteiger partial charge in [0.1, 0.15) is 11.0 Å². The Morgan fingerprint density at radius 2 is 2.00 bits per heavy atom. The molecule has 0 aliphatic carbocycles. The third-order valence-electron chi connectivity index (χ3n) is 3.61. The predicted molar refractivity (Wildman–Crippen MR) is 102 cm³/mol. The highest BCUT2D eigenvalue weighted by atomic mass is 32.2. The first-order chi connectivity index (χ1) is 12.1. The Bertz CT molecular complexity index is 631. The molecule has 7 heteroatoms. The number of carbonyl (C=O) groups is 2. The number of benzene rings is 1. The molecule has 0 spiro atoms. The largest absolute Gasteiger partial charge is 0.494 e. The van der Waals surface area contributed by atoms with Gasteiger partial charge in [0.05, 0.1) is 6.61 Å². The minimum absolute atomic E-state index is 0.0434. The molecular formula is C18H25N3O3S. The minimum Gasteiger partial charge on any atom is -0.494 e. The summed E-state index contributed by atoms with van der Waals surface area (Å²) in [7, 11) is 0. The van der Waals surface area contributed by atoms with Crippen molar-refractivity contribution in [3.63, 3.8) is 0 Å². The van der Waals surface area contributed by atoms with E-state index in [2.05, 4.69) is 10.3 Å². The van der Waals surface area contributed by atoms with E-state index in [0.717, 1.165) is 12.2 Å². The molecule has 0 unspecified atom stereocenters. The van der Waals surface area contributed by atoms with Crippen LogP contribution in [0.4, 0.5) is 5.69 Å². The van der Waals surface area contributed by atoms with Crippen LogP contribution >= 0.6 is 11.8 Å². The third kappa shape index (κ3) is 5.22. The molecule has 1 N–H and O–H groups in total. The number of carbonyl (C=O) groups excluding carboxylic acids is 2. The number of hydrogen-bond donors (Lipinski definition) is 1. The molecule has 2 rings (SSSR count). The summed E-state index contributed by atoms with van der Waals surface area (Å²) in [5.41, 5.74) is 0.694. The molecule has 1 heterocycles. The molecule has 0 radical (unpaired) electrons. The number of anilines is 1. The van der Waals surface area contributed by atoms with Crippen molar-refractivity contribution in [3.8, 4) is 5.75 Å². The average Bonchev–Trinajstić information content (AvgIpc) is 2.89. The molecule has 6 nitrogen and oxygen atoms in total. The summed E-state index contributed by atoms with van der Waals surface area (Å²) >= 11 is 1.37. The van der Waals surface area contributed by atoms with Gasteiger partial charge in [0, 0.05) is 25.2 Å². The van der Waals surface area contributed by atoms with Crippen LogP contribution in [-0.4, -0.2) is 46.8 Å². The zero-order chi connectivity index (χ0) is 18.2. The summed E-state index contributed by atoms with van der Waals surface area (Å²) < 4.78 is 5.52. The van der Waals surface area contributed by atoms with Gasteiger partial charge in [-0.15, -0.1) is 0 Å². The molecule has 136 valence electrons. The van der Waals surface area contributed by atoms with Crippen molar-refractivity contribution >= 4 is 34.4 Å². The zero-order valence-corrected chi connectivity index (χ0v) is 15.8. The van der Waals surface area contributed by atoms with Crippen LogP contribution in [0.5, 0.6) is 5.75 Å². The smallest absolute Gasteiger partial charge is 0.242 e. The number of nitrogens with one attached hydrogen (secondary N) is 1. The topological polar surface area (TPSA) is 71.0 Å². The highest BCUT2D eigenvalue weighted by Gasteiger charge is 2.37. The van der Waals surface area contributed by atoms with E-state index >= 15 is 0 Å². The van der Waals surface area contributed by atoms with E-state index in [4.69, 9.17) is 4.74 Å². The Balaban J connectivity index is 1.91. The van der Waals surface area contributed by atoms with Crippen LogP contribution in [0.25, 0.3) is 0 Å². The minimum atomic E-state index is -0.405. The molecule has 0 aromatic heterocycles. The maximum absolute atomic E-state index is 12.4. The number of nitrogens with zero attached hydrogens (tertiary/aromatic N) is 2. The van der Waals surface area contributed by atoms with E-state index < -0.39 is 5.25 Å². The summed E-state index contributed by atoms with van der Waals surface area (Å²) in [6, 6.07) is 7.25. The highest BCUT2D eigenvalue weighted by Crippen LogP contribution is 2.29. The Morgan fingerprint density at radius 3 is 2.60 bits per heavy atom. The van der Waals surface area contributed by atoms with E-state index in [0.29, 0.717) is 30.6 Å². The first-order valence-electron chi connectivity index (χ1n) is 8.64. The van der Waals surface area contributed by atoms with Crippen molar-refractivity contribution < 1.29 is 14.3 Å². The van der Waals surface area contributed by atoms with Gasteiger partial charge < -0.3 is 10.1 Å². The molecule has 25 heavy (non-hydrogen) atoms. The van der Waals surface area contributed by atoms with Crippen LogP contribution in [-0.2, 0) is 9.59 Å². The van der Waals surface area contributed by atoms with Crippen molar-refractivity contribution in [2.75, 3.05) is 25.0 Å². The summed E-state index contributed by atoms with van der Waals surface area (Å²) in [5.74, 6) is 0.556. The van der Waals surface area contributed by atoms with Crippen molar-refractivity contribution in [2.24, 2.45) is 4.99 Å². The van der Waals surface area contributed by atoms with E-state index in [9.17, 15) is 9.59 Å². The Labute approximate surface area is 153 Å². The highest BCUT2D eigenvalue weighted by molar-refractivity contribution is 8.15. The van der Waals surface area contributed by atoms with Gasteiger partial charge in [-0.05, 0) is 44.5 Å². The summed E-state index contributed by atoms with van der Waals surface area (Å²) in [4.78, 5) is 30.6. The second-order valence-corrected chi connectivity index (χ2v) is 6.74. The van der Waals surface area contributed by atoms with E-state index in [-0.39, 0.29) is 18.2 Å². The fourth-order valence-electron chi connectivity index (χ4n) is 2.42. The summed E-state index contributed by atoms with van der Waals surface area (Å²) in [6.07, 6.45) is 1.08. The first kappa shape index (κ1) is 19.3. The Kier molecular flexibility index (Phi) is 7.31. The monoisotopic (exact) mass is 363 g/mol. The second kappa shape index (κ2) is 9.46. The second-order valence-electron chi connectivity index (χ2n) is 5.57. The number of hydrogen-bond acceptors (Lipinski definition) is 5. The molecule has 1 atom stereocenters. The van der Waals surface area contributed by atoms with E-state index in [1.807, 2.05) is 32.9 Å². The summed E-state index contributed by atoms with van der Waals surface area (Å²) in [5, 5.41) is 3.14. The molecule has 1 aromatic rings. The Morgan fingerprint density at radius 1 is 1.28 bits per heavy atom. The average molecular weight is 363 g/mol. The number of aliphatic imine (C=N–C) groups is 1. The fourth-order valence-corrected chi connectivity index (χ4v) is 3.69. The lowest BCUT2D eigenvalue weighted by Gasteiger charge is -2.13. The number of amides is 2. The van der Waals surface area contributed by atoms with Gasteiger partial charge in [-0.25, -0.2) is 0 Å². The van der Waals surface area contributed by atoms with Gasteiger partial charge in [0.25, 0.3) is 0 Å². The van der Waals surface area contributed by atoms with Gasteiger partial charge in [0.15, 0.2) is 5.17 Å². The lowest BCUT2D eigenvalue weighted by atomic mass is 10.2. The molecule has 1 aromatic carbocycles. The number of amidine groups is 1. The molecular weight excluding hydrogens is 338 g/mol. The normalized spacial score (nSPS) is 18.7.